The molecule has 0 bridgehead atoms. The van der Waals surface area contributed by atoms with Crippen LogP contribution in [0, 0.1) is 0 Å². The maximum Gasteiger partial charge on any atom is 0.387 e. The highest BCUT2D eigenvalue weighted by Crippen LogP contribution is 2.25. The van der Waals surface area contributed by atoms with Crippen LogP contribution in [0.15, 0.2) is 34.2 Å². The molecule has 0 radical (unpaired) electrons. The van der Waals surface area contributed by atoms with E-state index < -0.39 is 6.61 Å². The number of alkyl halides is 2. The molecular weight excluding hydrogens is 362 g/mol. The van der Waals surface area contributed by atoms with E-state index in [1.807, 2.05) is 5.38 Å². The first-order valence-corrected chi connectivity index (χ1v) is 8.07. The van der Waals surface area contributed by atoms with Gasteiger partial charge in [-0.2, -0.15) is 8.78 Å². The van der Waals surface area contributed by atoms with Crippen LogP contribution in [0.25, 0.3) is 0 Å². The second-order valence-corrected chi connectivity index (χ2v) is 6.37. The van der Waals surface area contributed by atoms with Crippen LogP contribution in [-0.2, 0) is 6.54 Å². The molecule has 1 aromatic heterocycles. The molecule has 1 N–H and O–H groups in total. The minimum absolute atomic E-state index is 0.197. The van der Waals surface area contributed by atoms with Gasteiger partial charge in [0.05, 0.1) is 5.01 Å². The van der Waals surface area contributed by atoms with E-state index in [9.17, 15) is 8.78 Å². The molecule has 1 aromatic carbocycles. The molecule has 0 fully saturated rings. The molecule has 0 amide bonds. The minimum Gasteiger partial charge on any atom is -0.434 e. The number of hydrogen-bond acceptors (Lipinski definition) is 4. The molecule has 0 aliphatic rings. The van der Waals surface area contributed by atoms with Crippen molar-refractivity contribution in [3.63, 3.8) is 0 Å². The van der Waals surface area contributed by atoms with Crippen molar-refractivity contribution in [2.24, 2.45) is 0 Å². The van der Waals surface area contributed by atoms with E-state index in [4.69, 9.17) is 0 Å². The zero-order valence-electron chi connectivity index (χ0n) is 11.4. The van der Waals surface area contributed by atoms with Crippen molar-refractivity contribution in [2.45, 2.75) is 26.0 Å². The van der Waals surface area contributed by atoms with Crippen molar-refractivity contribution in [1.29, 1.82) is 0 Å². The third-order valence-corrected chi connectivity index (χ3v) is 4.38. The van der Waals surface area contributed by atoms with Gasteiger partial charge in [0.15, 0.2) is 0 Å². The van der Waals surface area contributed by atoms with E-state index in [1.165, 1.54) is 6.07 Å². The number of thiazole rings is 1. The van der Waals surface area contributed by atoms with E-state index >= 15 is 0 Å². The first-order chi connectivity index (χ1) is 10.1. The summed E-state index contributed by atoms with van der Waals surface area (Å²) in [7, 11) is 0. The largest absolute Gasteiger partial charge is 0.434 e. The van der Waals surface area contributed by atoms with E-state index in [-0.39, 0.29) is 11.7 Å². The van der Waals surface area contributed by atoms with Gasteiger partial charge in [-0.15, -0.1) is 11.3 Å². The van der Waals surface area contributed by atoms with Gasteiger partial charge < -0.3 is 10.1 Å². The number of nitrogens with one attached hydrogen (secondary N) is 1. The quantitative estimate of drug-likeness (QED) is 0.777. The van der Waals surface area contributed by atoms with Crippen molar-refractivity contribution in [3.8, 4) is 5.75 Å². The smallest absolute Gasteiger partial charge is 0.387 e. The lowest BCUT2D eigenvalue weighted by Gasteiger charge is -2.14. The van der Waals surface area contributed by atoms with Gasteiger partial charge in [0.25, 0.3) is 0 Å². The third kappa shape index (κ3) is 5.01. The lowest BCUT2D eigenvalue weighted by atomic mass is 10.1. The molecule has 1 unspecified atom stereocenters. The number of nitrogens with zero attached hydrogens (tertiary/aromatic N) is 1. The summed E-state index contributed by atoms with van der Waals surface area (Å²) in [4.78, 5) is 4.26. The molecule has 7 heteroatoms. The van der Waals surface area contributed by atoms with E-state index in [2.05, 4.69) is 37.9 Å². The van der Waals surface area contributed by atoms with Crippen LogP contribution < -0.4 is 10.1 Å². The summed E-state index contributed by atoms with van der Waals surface area (Å²) >= 11 is 4.94. The molecule has 2 aromatic rings. The van der Waals surface area contributed by atoms with Crippen LogP contribution >= 0.6 is 27.3 Å². The Morgan fingerprint density at radius 1 is 1.43 bits per heavy atom. The summed E-state index contributed by atoms with van der Waals surface area (Å²) in [5, 5.41) is 6.25. The Hall–Kier alpha value is -1.05. The topological polar surface area (TPSA) is 34.1 Å². The summed E-state index contributed by atoms with van der Waals surface area (Å²) in [6.07, 6.45) is 1.78. The number of benzene rings is 1. The van der Waals surface area contributed by atoms with Gasteiger partial charge in [-0.05, 0) is 18.2 Å². The number of rotatable bonds is 7. The molecule has 0 aliphatic carbocycles. The second kappa shape index (κ2) is 7.82. The first-order valence-electron chi connectivity index (χ1n) is 6.39. The lowest BCUT2D eigenvalue weighted by Crippen LogP contribution is -2.20. The van der Waals surface area contributed by atoms with Gasteiger partial charge in [0.1, 0.15) is 5.75 Å². The van der Waals surface area contributed by atoms with Gasteiger partial charge in [-0.1, -0.05) is 22.9 Å². The molecule has 0 spiro atoms. The Kier molecular flexibility index (Phi) is 6.08. The fourth-order valence-corrected chi connectivity index (χ4v) is 2.99. The first kappa shape index (κ1) is 16.3. The van der Waals surface area contributed by atoms with Crippen LogP contribution in [-0.4, -0.2) is 18.1 Å². The highest BCUT2D eigenvalue weighted by molar-refractivity contribution is 9.10. The van der Waals surface area contributed by atoms with E-state index in [1.54, 1.807) is 29.7 Å². The average molecular weight is 377 g/mol. The van der Waals surface area contributed by atoms with Gasteiger partial charge in [0.2, 0.25) is 0 Å². The standard InChI is InChI=1S/C14H15BrF2N2OS/c1-9(13-19-4-5-21-13)7-18-8-10-6-11(15)2-3-12(10)20-14(16)17/h2-6,9,14,18H,7-8H2,1H3. The molecule has 2 rings (SSSR count). The monoisotopic (exact) mass is 376 g/mol. The molecule has 0 saturated heterocycles. The molecule has 21 heavy (non-hydrogen) atoms. The van der Waals surface area contributed by atoms with Crippen molar-refractivity contribution < 1.29 is 13.5 Å². The summed E-state index contributed by atoms with van der Waals surface area (Å²) in [5.41, 5.74) is 0.691. The molecule has 1 heterocycles. The van der Waals surface area contributed by atoms with Gasteiger partial charge in [0, 0.05) is 40.6 Å². The van der Waals surface area contributed by atoms with Crippen LogP contribution in [0.3, 0.4) is 0 Å². The maximum absolute atomic E-state index is 12.4. The molecule has 0 saturated carbocycles. The summed E-state index contributed by atoms with van der Waals surface area (Å²) in [6, 6.07) is 5.00. The van der Waals surface area contributed by atoms with Crippen LogP contribution in [0.2, 0.25) is 0 Å². The average Bonchev–Trinajstić information content (AvgIpc) is 2.95. The Balaban J connectivity index is 1.94. The Morgan fingerprint density at radius 2 is 2.24 bits per heavy atom. The summed E-state index contributed by atoms with van der Waals surface area (Å²) < 4.78 is 30.1. The third-order valence-electron chi connectivity index (χ3n) is 2.88. The van der Waals surface area contributed by atoms with Gasteiger partial charge in [-0.25, -0.2) is 4.98 Å². The van der Waals surface area contributed by atoms with Crippen molar-refractivity contribution in [2.75, 3.05) is 6.54 Å². The van der Waals surface area contributed by atoms with Crippen LogP contribution in [0.4, 0.5) is 8.78 Å². The van der Waals surface area contributed by atoms with Gasteiger partial charge in [-0.3, -0.25) is 0 Å². The number of ether oxygens (including phenoxy) is 1. The summed E-state index contributed by atoms with van der Waals surface area (Å²) in [5.74, 6) is 0.472. The van der Waals surface area contributed by atoms with Crippen LogP contribution in [0.5, 0.6) is 5.75 Å². The minimum atomic E-state index is -2.82. The predicted octanol–water partition coefficient (Wildman–Crippen LogP) is 4.40. The summed E-state index contributed by atoms with van der Waals surface area (Å²) in [6.45, 7) is 0.424. The normalized spacial score (nSPS) is 12.6. The zero-order chi connectivity index (χ0) is 15.2. The fourth-order valence-electron chi connectivity index (χ4n) is 1.89. The van der Waals surface area contributed by atoms with Crippen molar-refractivity contribution in [1.82, 2.24) is 10.3 Å². The maximum atomic E-state index is 12.4. The second-order valence-electron chi connectivity index (χ2n) is 4.53. The molecule has 3 nitrogen and oxygen atoms in total. The Bertz CT molecular complexity index is 566. The SMILES string of the molecule is CC(CNCc1cc(Br)ccc1OC(F)F)c1nccs1. The number of hydrogen-bond donors (Lipinski definition) is 1. The lowest BCUT2D eigenvalue weighted by molar-refractivity contribution is -0.0505. The molecular formula is C14H15BrF2N2OS. The van der Waals surface area contributed by atoms with Gasteiger partial charge >= 0.3 is 6.61 Å². The number of aromatic nitrogens is 1. The van der Waals surface area contributed by atoms with E-state index in [0.717, 1.165) is 9.48 Å². The predicted molar refractivity (Wildman–Crippen MR) is 83.0 cm³/mol. The fraction of sp³-hybridized carbons (Fsp3) is 0.357. The molecule has 0 aliphatic heterocycles. The Labute approximate surface area is 134 Å². The van der Waals surface area contributed by atoms with Crippen LogP contribution in [0.1, 0.15) is 23.4 Å². The highest BCUT2D eigenvalue weighted by Gasteiger charge is 2.11. The zero-order valence-corrected chi connectivity index (χ0v) is 13.8. The van der Waals surface area contributed by atoms with Crippen molar-refractivity contribution >= 4 is 27.3 Å². The highest BCUT2D eigenvalue weighted by atomic mass is 79.9. The molecule has 114 valence electrons. The van der Waals surface area contributed by atoms with Crippen molar-refractivity contribution in [3.05, 3.63) is 44.8 Å². The van der Waals surface area contributed by atoms with E-state index in [0.29, 0.717) is 18.7 Å². The number of halogens is 3. The Morgan fingerprint density at radius 3 is 2.90 bits per heavy atom. The molecule has 1 atom stereocenters.